The first kappa shape index (κ1) is 20.9. The minimum Gasteiger partial charge on any atom is -0.293 e. The summed E-state index contributed by atoms with van der Waals surface area (Å²) in [5.41, 5.74) is 1.37. The van der Waals surface area contributed by atoms with E-state index in [9.17, 15) is 9.59 Å². The van der Waals surface area contributed by atoms with Crippen molar-refractivity contribution in [1.29, 1.82) is 0 Å². The van der Waals surface area contributed by atoms with Gasteiger partial charge in [0.1, 0.15) is 0 Å². The number of carbonyl (C=O) groups excluding carboxylic acids is 1. The second-order valence-corrected chi connectivity index (χ2v) is 8.56. The van der Waals surface area contributed by atoms with Crippen molar-refractivity contribution in [3.63, 3.8) is 0 Å². The number of thioether (sulfide) groups is 1. The highest BCUT2D eigenvalue weighted by Gasteiger charge is 2.16. The van der Waals surface area contributed by atoms with Gasteiger partial charge in [0.25, 0.3) is 5.56 Å². The average molecular weight is 476 g/mol. The van der Waals surface area contributed by atoms with Crippen LogP contribution in [0.4, 0.5) is 0 Å². The summed E-state index contributed by atoms with van der Waals surface area (Å²) in [5, 5.41) is 2.12. The van der Waals surface area contributed by atoms with Crippen LogP contribution in [0.15, 0.2) is 76.7 Å². The first-order chi connectivity index (χ1) is 14.4. The smallest absolute Gasteiger partial charge is 0.266 e. The molecule has 0 saturated carbocycles. The number of hydrogen-bond donors (Lipinski definition) is 0. The third-order valence-corrected chi connectivity index (χ3v) is 6.33. The molecule has 0 fully saturated rings. The lowest BCUT2D eigenvalue weighted by atomic mass is 10.1. The number of benzene rings is 3. The standard InChI is InChI=1S/C22H13Cl3N2O2S/c23-14-7-5-13(6-8-14)20(28)12-30-22-26-19-4-2-1-3-16(19)21(29)27(22)15-9-10-17(24)18(25)11-15/h1-11H,12H2. The van der Waals surface area contributed by atoms with Crippen molar-refractivity contribution in [3.8, 4) is 5.69 Å². The zero-order chi connectivity index (χ0) is 21.3. The lowest BCUT2D eigenvalue weighted by Crippen LogP contribution is -2.22. The van der Waals surface area contributed by atoms with Gasteiger partial charge in [0.2, 0.25) is 0 Å². The fraction of sp³-hybridized carbons (Fsp3) is 0.0455. The van der Waals surface area contributed by atoms with Crippen LogP contribution in [0.2, 0.25) is 15.1 Å². The van der Waals surface area contributed by atoms with Crippen molar-refractivity contribution in [1.82, 2.24) is 9.55 Å². The number of hydrogen-bond acceptors (Lipinski definition) is 4. The second-order valence-electron chi connectivity index (χ2n) is 6.37. The molecule has 150 valence electrons. The Morgan fingerprint density at radius 1 is 0.933 bits per heavy atom. The maximum Gasteiger partial charge on any atom is 0.266 e. The molecule has 0 saturated heterocycles. The van der Waals surface area contributed by atoms with Gasteiger partial charge in [-0.3, -0.25) is 14.2 Å². The van der Waals surface area contributed by atoms with Gasteiger partial charge in [-0.05, 0) is 54.6 Å². The molecule has 4 rings (SSSR count). The maximum absolute atomic E-state index is 13.2. The molecule has 4 nitrogen and oxygen atoms in total. The highest BCUT2D eigenvalue weighted by Crippen LogP contribution is 2.27. The van der Waals surface area contributed by atoms with E-state index in [0.717, 1.165) is 0 Å². The largest absolute Gasteiger partial charge is 0.293 e. The molecular weight excluding hydrogens is 463 g/mol. The van der Waals surface area contributed by atoms with Gasteiger partial charge < -0.3 is 0 Å². The van der Waals surface area contributed by atoms with Crippen LogP contribution in [0.5, 0.6) is 0 Å². The fourth-order valence-corrected chi connectivity index (χ4v) is 4.24. The minimum absolute atomic E-state index is 0.0974. The lowest BCUT2D eigenvalue weighted by Gasteiger charge is -2.13. The predicted octanol–water partition coefficient (Wildman–Crippen LogP) is 6.32. The number of fused-ring (bicyclic) bond motifs is 1. The summed E-state index contributed by atoms with van der Waals surface area (Å²) >= 11 is 19.3. The number of para-hydroxylation sites is 1. The van der Waals surface area contributed by atoms with Crippen LogP contribution in [-0.2, 0) is 0 Å². The molecule has 0 N–H and O–H groups in total. The summed E-state index contributed by atoms with van der Waals surface area (Å²) in [6, 6.07) is 18.7. The summed E-state index contributed by atoms with van der Waals surface area (Å²) in [4.78, 5) is 30.5. The lowest BCUT2D eigenvalue weighted by molar-refractivity contribution is 0.102. The molecule has 0 aliphatic heterocycles. The zero-order valence-corrected chi connectivity index (χ0v) is 18.4. The molecule has 30 heavy (non-hydrogen) atoms. The number of ketones is 1. The van der Waals surface area contributed by atoms with E-state index in [4.69, 9.17) is 34.8 Å². The van der Waals surface area contributed by atoms with Crippen molar-refractivity contribution < 1.29 is 4.79 Å². The molecule has 8 heteroatoms. The summed E-state index contributed by atoms with van der Waals surface area (Å²) in [6.45, 7) is 0. The average Bonchev–Trinajstić information content (AvgIpc) is 2.75. The fourth-order valence-electron chi connectivity index (χ4n) is 2.91. The van der Waals surface area contributed by atoms with Crippen molar-refractivity contribution in [2.75, 3.05) is 5.75 Å². The Kier molecular flexibility index (Phi) is 6.16. The molecule has 0 amide bonds. The van der Waals surface area contributed by atoms with Crippen LogP contribution >= 0.6 is 46.6 Å². The summed E-state index contributed by atoms with van der Waals surface area (Å²) < 4.78 is 1.45. The van der Waals surface area contributed by atoms with Crippen LogP contribution in [0.3, 0.4) is 0 Å². The Balaban J connectivity index is 1.77. The Bertz CT molecular complexity index is 1320. The monoisotopic (exact) mass is 474 g/mol. The van der Waals surface area contributed by atoms with E-state index in [2.05, 4.69) is 4.98 Å². The van der Waals surface area contributed by atoms with Gasteiger partial charge in [0, 0.05) is 10.6 Å². The Morgan fingerprint density at radius 3 is 2.40 bits per heavy atom. The topological polar surface area (TPSA) is 52.0 Å². The van der Waals surface area contributed by atoms with E-state index >= 15 is 0 Å². The Morgan fingerprint density at radius 2 is 1.67 bits per heavy atom. The SMILES string of the molecule is O=C(CSc1nc2ccccc2c(=O)n1-c1ccc(Cl)c(Cl)c1)c1ccc(Cl)cc1. The van der Waals surface area contributed by atoms with E-state index < -0.39 is 0 Å². The van der Waals surface area contributed by atoms with Crippen molar-refractivity contribution in [2.24, 2.45) is 0 Å². The van der Waals surface area contributed by atoms with E-state index in [1.165, 1.54) is 16.3 Å². The van der Waals surface area contributed by atoms with Gasteiger partial charge >= 0.3 is 0 Å². The minimum atomic E-state index is -0.250. The van der Waals surface area contributed by atoms with Crippen molar-refractivity contribution in [2.45, 2.75) is 5.16 Å². The van der Waals surface area contributed by atoms with Crippen LogP contribution < -0.4 is 5.56 Å². The number of nitrogens with zero attached hydrogens (tertiary/aromatic N) is 2. The van der Waals surface area contributed by atoms with Gasteiger partial charge in [-0.15, -0.1) is 0 Å². The Labute approximate surface area is 191 Å². The number of aromatic nitrogens is 2. The molecule has 0 aliphatic rings. The summed E-state index contributed by atoms with van der Waals surface area (Å²) in [7, 11) is 0. The highest BCUT2D eigenvalue weighted by molar-refractivity contribution is 7.99. The van der Waals surface area contributed by atoms with Crippen LogP contribution in [-0.4, -0.2) is 21.1 Å². The van der Waals surface area contributed by atoms with Crippen LogP contribution in [0, 0.1) is 0 Å². The third-order valence-electron chi connectivity index (χ3n) is 4.40. The molecule has 1 heterocycles. The molecule has 1 aromatic heterocycles. The van der Waals surface area contributed by atoms with Crippen molar-refractivity contribution >= 4 is 63.3 Å². The highest BCUT2D eigenvalue weighted by atomic mass is 35.5. The molecule has 0 unspecified atom stereocenters. The van der Waals surface area contributed by atoms with Gasteiger partial charge in [0.05, 0.1) is 32.4 Å². The van der Waals surface area contributed by atoms with Crippen LogP contribution in [0.1, 0.15) is 10.4 Å². The third kappa shape index (κ3) is 4.25. The number of Topliss-reactive ketones (excluding diaryl/α,β-unsaturated/α-hetero) is 1. The molecule has 4 aromatic rings. The molecule has 3 aromatic carbocycles. The molecule has 0 atom stereocenters. The van der Waals surface area contributed by atoms with Crippen molar-refractivity contribution in [3.05, 3.63) is 97.7 Å². The maximum atomic E-state index is 13.2. The first-order valence-electron chi connectivity index (χ1n) is 8.83. The molecule has 0 aliphatic carbocycles. The van der Waals surface area contributed by atoms with Gasteiger partial charge in [0.15, 0.2) is 10.9 Å². The second kappa shape index (κ2) is 8.82. The molecule has 0 spiro atoms. The normalized spacial score (nSPS) is 11.0. The van der Waals surface area contributed by atoms with E-state index in [1.54, 1.807) is 60.7 Å². The number of halogens is 3. The van der Waals surface area contributed by atoms with E-state index in [1.807, 2.05) is 6.07 Å². The first-order valence-corrected chi connectivity index (χ1v) is 10.9. The molecule has 0 bridgehead atoms. The van der Waals surface area contributed by atoms with Gasteiger partial charge in [-0.2, -0.15) is 0 Å². The molecule has 0 radical (unpaired) electrons. The zero-order valence-electron chi connectivity index (χ0n) is 15.3. The quantitative estimate of drug-likeness (QED) is 0.192. The number of rotatable bonds is 5. The Hall–Kier alpha value is -2.31. The van der Waals surface area contributed by atoms with E-state index in [0.29, 0.717) is 42.4 Å². The summed E-state index contributed by atoms with van der Waals surface area (Å²) in [5.74, 6) is 0.00745. The molecular formula is C22H13Cl3N2O2S. The van der Waals surface area contributed by atoms with Gasteiger partial charge in [-0.25, -0.2) is 4.98 Å². The van der Waals surface area contributed by atoms with E-state index in [-0.39, 0.29) is 17.1 Å². The summed E-state index contributed by atoms with van der Waals surface area (Å²) in [6.07, 6.45) is 0. The predicted molar refractivity (Wildman–Crippen MR) is 124 cm³/mol. The van der Waals surface area contributed by atoms with Gasteiger partial charge in [-0.1, -0.05) is 58.7 Å². The number of carbonyl (C=O) groups is 1. The van der Waals surface area contributed by atoms with Crippen LogP contribution in [0.25, 0.3) is 16.6 Å².